The number of hydrogen-bond acceptors (Lipinski definition) is 5. The van der Waals surface area contributed by atoms with Crippen LogP contribution in [0.2, 0.25) is 0 Å². The van der Waals surface area contributed by atoms with Gasteiger partial charge in [-0.3, -0.25) is 4.98 Å². The van der Waals surface area contributed by atoms with E-state index in [1.165, 1.54) is 12.8 Å². The van der Waals surface area contributed by atoms with Gasteiger partial charge >= 0.3 is 0 Å². The summed E-state index contributed by atoms with van der Waals surface area (Å²) in [7, 11) is 0. The number of aromatic nitrogens is 3. The van der Waals surface area contributed by atoms with Crippen molar-refractivity contribution in [2.75, 3.05) is 10.6 Å². The Morgan fingerprint density at radius 3 is 2.82 bits per heavy atom. The molecule has 3 rings (SSSR count). The van der Waals surface area contributed by atoms with Gasteiger partial charge in [-0.05, 0) is 38.3 Å². The normalized spacial score (nSPS) is 15.4. The van der Waals surface area contributed by atoms with Gasteiger partial charge in [0.2, 0.25) is 5.95 Å². The van der Waals surface area contributed by atoms with Crippen molar-refractivity contribution >= 4 is 11.8 Å². The standard InChI is InChI=1S/C17H23N5/c1-3-12(2)20-17-21-15(13-7-8-13)10-16(22-17)19-11-14-6-4-5-9-18-14/h4-6,9-10,12-13H,3,7-8,11H2,1-2H3,(H2,19,20,21,22)/t12-/m1/s1. The summed E-state index contributed by atoms with van der Waals surface area (Å²) < 4.78 is 0. The van der Waals surface area contributed by atoms with Crippen molar-refractivity contribution in [2.45, 2.75) is 51.6 Å². The highest BCUT2D eigenvalue weighted by Gasteiger charge is 2.26. The molecule has 0 unspecified atom stereocenters. The largest absolute Gasteiger partial charge is 0.364 e. The van der Waals surface area contributed by atoms with Gasteiger partial charge in [-0.1, -0.05) is 13.0 Å². The highest BCUT2D eigenvalue weighted by Crippen LogP contribution is 2.39. The molecular formula is C17H23N5. The summed E-state index contributed by atoms with van der Waals surface area (Å²) in [4.78, 5) is 13.6. The Morgan fingerprint density at radius 2 is 2.14 bits per heavy atom. The summed E-state index contributed by atoms with van der Waals surface area (Å²) in [5.41, 5.74) is 2.15. The number of pyridine rings is 1. The molecule has 22 heavy (non-hydrogen) atoms. The predicted molar refractivity (Wildman–Crippen MR) is 88.9 cm³/mol. The summed E-state index contributed by atoms with van der Waals surface area (Å²) >= 11 is 0. The minimum absolute atomic E-state index is 0.373. The van der Waals surface area contributed by atoms with Crippen molar-refractivity contribution in [1.82, 2.24) is 15.0 Å². The van der Waals surface area contributed by atoms with E-state index >= 15 is 0 Å². The van der Waals surface area contributed by atoms with Crippen LogP contribution in [0.3, 0.4) is 0 Å². The molecule has 0 aromatic carbocycles. The maximum atomic E-state index is 4.66. The molecule has 2 aromatic heterocycles. The van der Waals surface area contributed by atoms with Crippen LogP contribution in [0.5, 0.6) is 0 Å². The van der Waals surface area contributed by atoms with E-state index in [1.54, 1.807) is 0 Å². The molecule has 0 radical (unpaired) electrons. The van der Waals surface area contributed by atoms with Crippen molar-refractivity contribution in [1.29, 1.82) is 0 Å². The smallest absolute Gasteiger partial charge is 0.225 e. The van der Waals surface area contributed by atoms with E-state index in [1.807, 2.05) is 24.4 Å². The van der Waals surface area contributed by atoms with Gasteiger partial charge in [0, 0.05) is 24.2 Å². The second kappa shape index (κ2) is 6.73. The van der Waals surface area contributed by atoms with Crippen molar-refractivity contribution in [3.05, 3.63) is 41.9 Å². The molecule has 0 amide bonds. The quantitative estimate of drug-likeness (QED) is 0.818. The van der Waals surface area contributed by atoms with Gasteiger partial charge in [0.15, 0.2) is 0 Å². The molecule has 5 heteroatoms. The maximum Gasteiger partial charge on any atom is 0.225 e. The van der Waals surface area contributed by atoms with Gasteiger partial charge in [0.25, 0.3) is 0 Å². The molecular weight excluding hydrogens is 274 g/mol. The first kappa shape index (κ1) is 14.8. The van der Waals surface area contributed by atoms with E-state index in [-0.39, 0.29) is 0 Å². The van der Waals surface area contributed by atoms with Gasteiger partial charge in [-0.25, -0.2) is 4.98 Å². The second-order valence-electron chi connectivity index (χ2n) is 5.90. The summed E-state index contributed by atoms with van der Waals surface area (Å²) in [5.74, 6) is 2.20. The lowest BCUT2D eigenvalue weighted by atomic mass is 10.2. The van der Waals surface area contributed by atoms with Crippen LogP contribution in [0, 0.1) is 0 Å². The lowest BCUT2D eigenvalue weighted by Crippen LogP contribution is -2.17. The molecule has 2 heterocycles. The zero-order valence-electron chi connectivity index (χ0n) is 13.2. The van der Waals surface area contributed by atoms with E-state index in [2.05, 4.69) is 45.5 Å². The van der Waals surface area contributed by atoms with Gasteiger partial charge in [0.1, 0.15) is 5.82 Å². The van der Waals surface area contributed by atoms with Gasteiger partial charge in [-0.2, -0.15) is 4.98 Å². The molecule has 1 fully saturated rings. The third-order valence-electron chi connectivity index (χ3n) is 3.91. The van der Waals surface area contributed by atoms with Crippen LogP contribution in [0.25, 0.3) is 0 Å². The first-order valence-corrected chi connectivity index (χ1v) is 8.04. The molecule has 2 aromatic rings. The van der Waals surface area contributed by atoms with Gasteiger partial charge in [0.05, 0.1) is 17.9 Å². The molecule has 0 aliphatic heterocycles. The van der Waals surface area contributed by atoms with E-state index in [9.17, 15) is 0 Å². The predicted octanol–water partition coefficient (Wildman–Crippen LogP) is 3.57. The topological polar surface area (TPSA) is 62.7 Å². The summed E-state index contributed by atoms with van der Waals surface area (Å²) in [5, 5.41) is 6.74. The zero-order valence-corrected chi connectivity index (χ0v) is 13.2. The van der Waals surface area contributed by atoms with Crippen molar-refractivity contribution < 1.29 is 0 Å². The molecule has 1 aliphatic rings. The third-order valence-corrected chi connectivity index (χ3v) is 3.91. The fraction of sp³-hybridized carbons (Fsp3) is 0.471. The number of rotatable bonds is 7. The average molecular weight is 297 g/mol. The number of anilines is 2. The number of nitrogens with one attached hydrogen (secondary N) is 2. The summed E-state index contributed by atoms with van der Waals surface area (Å²) in [6, 6.07) is 8.37. The Morgan fingerprint density at radius 1 is 1.27 bits per heavy atom. The van der Waals surface area contributed by atoms with Crippen molar-refractivity contribution in [3.63, 3.8) is 0 Å². The average Bonchev–Trinajstić information content (AvgIpc) is 3.38. The first-order chi connectivity index (χ1) is 10.7. The molecule has 1 atom stereocenters. The molecule has 2 N–H and O–H groups in total. The molecule has 0 saturated heterocycles. The fourth-order valence-corrected chi connectivity index (χ4v) is 2.22. The van der Waals surface area contributed by atoms with Crippen LogP contribution >= 0.6 is 0 Å². The Balaban J connectivity index is 1.74. The van der Waals surface area contributed by atoms with E-state index < -0.39 is 0 Å². The second-order valence-corrected chi connectivity index (χ2v) is 5.90. The highest BCUT2D eigenvalue weighted by molar-refractivity contribution is 5.44. The van der Waals surface area contributed by atoms with Crippen molar-refractivity contribution in [3.8, 4) is 0 Å². The molecule has 1 aliphatic carbocycles. The van der Waals surface area contributed by atoms with Crippen LogP contribution in [-0.2, 0) is 6.54 Å². The Labute approximate surface area is 131 Å². The van der Waals surface area contributed by atoms with Crippen LogP contribution < -0.4 is 10.6 Å². The maximum absolute atomic E-state index is 4.66. The van der Waals surface area contributed by atoms with Crippen LogP contribution in [-0.4, -0.2) is 21.0 Å². The Kier molecular flexibility index (Phi) is 4.51. The molecule has 0 bridgehead atoms. The van der Waals surface area contributed by atoms with Crippen LogP contribution in [0.1, 0.15) is 50.4 Å². The summed E-state index contributed by atoms with van der Waals surface area (Å²) in [6.07, 6.45) is 5.33. The minimum atomic E-state index is 0.373. The molecule has 116 valence electrons. The Bertz CT molecular complexity index is 610. The van der Waals surface area contributed by atoms with Crippen LogP contribution in [0.4, 0.5) is 11.8 Å². The SMILES string of the molecule is CC[C@@H](C)Nc1nc(NCc2ccccn2)cc(C2CC2)n1. The molecule has 5 nitrogen and oxygen atoms in total. The lowest BCUT2D eigenvalue weighted by molar-refractivity contribution is 0.750. The van der Waals surface area contributed by atoms with E-state index in [0.29, 0.717) is 18.5 Å². The van der Waals surface area contributed by atoms with E-state index in [0.717, 1.165) is 29.6 Å². The highest BCUT2D eigenvalue weighted by atomic mass is 15.2. The van der Waals surface area contributed by atoms with Gasteiger partial charge < -0.3 is 10.6 Å². The van der Waals surface area contributed by atoms with Gasteiger partial charge in [-0.15, -0.1) is 0 Å². The monoisotopic (exact) mass is 297 g/mol. The number of nitrogens with zero attached hydrogens (tertiary/aromatic N) is 3. The molecule has 1 saturated carbocycles. The fourth-order valence-electron chi connectivity index (χ4n) is 2.22. The zero-order chi connectivity index (χ0) is 15.4. The number of hydrogen-bond donors (Lipinski definition) is 2. The first-order valence-electron chi connectivity index (χ1n) is 8.04. The molecule has 0 spiro atoms. The van der Waals surface area contributed by atoms with Crippen molar-refractivity contribution in [2.24, 2.45) is 0 Å². The van der Waals surface area contributed by atoms with E-state index in [4.69, 9.17) is 0 Å². The Hall–Kier alpha value is -2.17. The van der Waals surface area contributed by atoms with Crippen LogP contribution in [0.15, 0.2) is 30.5 Å². The minimum Gasteiger partial charge on any atom is -0.364 e. The summed E-state index contributed by atoms with van der Waals surface area (Å²) in [6.45, 7) is 4.97. The third kappa shape index (κ3) is 3.93. The lowest BCUT2D eigenvalue weighted by Gasteiger charge is -2.14.